The molecular formula is C13H18ClFN2O. The van der Waals surface area contributed by atoms with Gasteiger partial charge in [-0.3, -0.25) is 4.79 Å². The number of nitrogens with zero attached hydrogens (tertiary/aromatic N) is 1. The highest BCUT2D eigenvalue weighted by molar-refractivity contribution is 6.31. The first-order chi connectivity index (χ1) is 8.34. The van der Waals surface area contributed by atoms with Crippen LogP contribution in [-0.4, -0.2) is 23.9 Å². The monoisotopic (exact) mass is 272 g/mol. The van der Waals surface area contributed by atoms with Gasteiger partial charge in [0.2, 0.25) is 5.91 Å². The van der Waals surface area contributed by atoms with E-state index >= 15 is 0 Å². The van der Waals surface area contributed by atoms with E-state index in [2.05, 4.69) is 0 Å². The van der Waals surface area contributed by atoms with Gasteiger partial charge in [0.15, 0.2) is 0 Å². The normalized spacial score (nSPS) is 14.1. The predicted molar refractivity (Wildman–Crippen MR) is 70.7 cm³/mol. The molecule has 0 aliphatic heterocycles. The molecule has 0 heterocycles. The third kappa shape index (κ3) is 3.43. The van der Waals surface area contributed by atoms with Crippen LogP contribution in [0.15, 0.2) is 18.2 Å². The molecule has 0 aliphatic carbocycles. The molecule has 2 unspecified atom stereocenters. The zero-order valence-electron chi connectivity index (χ0n) is 10.8. The summed E-state index contributed by atoms with van der Waals surface area (Å²) in [5, 5.41) is 0.322. The molecule has 0 bridgehead atoms. The van der Waals surface area contributed by atoms with E-state index in [1.807, 2.05) is 0 Å². The number of amides is 1. The zero-order chi connectivity index (χ0) is 13.9. The van der Waals surface area contributed by atoms with E-state index in [0.29, 0.717) is 10.6 Å². The molecule has 1 aromatic carbocycles. The van der Waals surface area contributed by atoms with Crippen LogP contribution in [0.5, 0.6) is 0 Å². The van der Waals surface area contributed by atoms with E-state index in [-0.39, 0.29) is 24.4 Å². The highest BCUT2D eigenvalue weighted by Crippen LogP contribution is 2.21. The van der Waals surface area contributed by atoms with Crippen molar-refractivity contribution < 1.29 is 9.18 Å². The Balaban J connectivity index is 2.82. The SMILES string of the molecule is CC(N)C(C)C(=O)N(C)Cc1c(F)cccc1Cl. The van der Waals surface area contributed by atoms with Gasteiger partial charge in [0, 0.05) is 30.2 Å². The van der Waals surface area contributed by atoms with Gasteiger partial charge in [-0.2, -0.15) is 0 Å². The van der Waals surface area contributed by atoms with E-state index in [9.17, 15) is 9.18 Å². The van der Waals surface area contributed by atoms with Gasteiger partial charge in [-0.1, -0.05) is 24.6 Å². The van der Waals surface area contributed by atoms with Crippen LogP contribution in [0.3, 0.4) is 0 Å². The number of halogens is 2. The zero-order valence-corrected chi connectivity index (χ0v) is 11.5. The van der Waals surface area contributed by atoms with Crippen molar-refractivity contribution in [2.24, 2.45) is 11.7 Å². The molecule has 0 radical (unpaired) electrons. The Morgan fingerprint density at radius 3 is 2.61 bits per heavy atom. The summed E-state index contributed by atoms with van der Waals surface area (Å²) in [6, 6.07) is 4.23. The standard InChI is InChI=1S/C13H18ClFN2O/c1-8(9(2)16)13(18)17(3)7-10-11(14)5-4-6-12(10)15/h4-6,8-9H,7,16H2,1-3H3. The summed E-state index contributed by atoms with van der Waals surface area (Å²) in [4.78, 5) is 13.4. The van der Waals surface area contributed by atoms with Crippen LogP contribution in [-0.2, 0) is 11.3 Å². The first-order valence-corrected chi connectivity index (χ1v) is 6.15. The van der Waals surface area contributed by atoms with Crippen LogP contribution in [0, 0.1) is 11.7 Å². The van der Waals surface area contributed by atoms with E-state index < -0.39 is 5.82 Å². The summed E-state index contributed by atoms with van der Waals surface area (Å²) in [5.41, 5.74) is 6.01. The number of hydrogen-bond donors (Lipinski definition) is 1. The maximum atomic E-state index is 13.6. The van der Waals surface area contributed by atoms with Crippen molar-refractivity contribution >= 4 is 17.5 Å². The molecule has 2 atom stereocenters. The van der Waals surface area contributed by atoms with Crippen molar-refractivity contribution in [3.63, 3.8) is 0 Å². The lowest BCUT2D eigenvalue weighted by molar-refractivity contribution is -0.134. The summed E-state index contributed by atoms with van der Waals surface area (Å²) in [6.07, 6.45) is 0. The Kier molecular flexibility index (Phi) is 5.11. The Bertz CT molecular complexity index is 417. The van der Waals surface area contributed by atoms with Crippen molar-refractivity contribution in [2.45, 2.75) is 26.4 Å². The van der Waals surface area contributed by atoms with Gasteiger partial charge in [-0.25, -0.2) is 4.39 Å². The van der Waals surface area contributed by atoms with Gasteiger partial charge in [0.1, 0.15) is 5.82 Å². The van der Waals surface area contributed by atoms with Crippen molar-refractivity contribution in [2.75, 3.05) is 7.05 Å². The minimum absolute atomic E-state index is 0.121. The van der Waals surface area contributed by atoms with Crippen molar-refractivity contribution in [3.8, 4) is 0 Å². The number of benzene rings is 1. The van der Waals surface area contributed by atoms with Crippen molar-refractivity contribution in [1.29, 1.82) is 0 Å². The van der Waals surface area contributed by atoms with Crippen LogP contribution in [0.2, 0.25) is 5.02 Å². The predicted octanol–water partition coefficient (Wildman–Crippen LogP) is 2.42. The molecule has 3 nitrogen and oxygen atoms in total. The van der Waals surface area contributed by atoms with E-state index in [1.165, 1.54) is 17.0 Å². The topological polar surface area (TPSA) is 46.3 Å². The number of rotatable bonds is 4. The summed E-state index contributed by atoms with van der Waals surface area (Å²) in [5.74, 6) is -0.833. The number of carbonyl (C=O) groups is 1. The van der Waals surface area contributed by atoms with E-state index in [0.717, 1.165) is 0 Å². The maximum absolute atomic E-state index is 13.6. The lowest BCUT2D eigenvalue weighted by Gasteiger charge is -2.24. The minimum Gasteiger partial charge on any atom is -0.341 e. The molecule has 0 fully saturated rings. The summed E-state index contributed by atoms with van der Waals surface area (Å²) < 4.78 is 13.6. The molecule has 0 saturated carbocycles. The highest BCUT2D eigenvalue weighted by Gasteiger charge is 2.22. The van der Waals surface area contributed by atoms with Crippen LogP contribution in [0.4, 0.5) is 4.39 Å². The minimum atomic E-state index is -0.407. The number of nitrogens with two attached hydrogens (primary N) is 1. The van der Waals surface area contributed by atoms with Crippen molar-refractivity contribution in [1.82, 2.24) is 4.90 Å². The Morgan fingerprint density at radius 1 is 1.50 bits per heavy atom. The Hall–Kier alpha value is -1.13. The quantitative estimate of drug-likeness (QED) is 0.915. The molecular weight excluding hydrogens is 255 g/mol. The van der Waals surface area contributed by atoms with Crippen LogP contribution in [0.1, 0.15) is 19.4 Å². The highest BCUT2D eigenvalue weighted by atomic mass is 35.5. The summed E-state index contributed by atoms with van der Waals surface area (Å²) in [7, 11) is 1.62. The second-order valence-electron chi connectivity index (χ2n) is 4.54. The molecule has 0 spiro atoms. The smallest absolute Gasteiger partial charge is 0.226 e. The first-order valence-electron chi connectivity index (χ1n) is 5.78. The number of hydrogen-bond acceptors (Lipinski definition) is 2. The van der Waals surface area contributed by atoms with Gasteiger partial charge < -0.3 is 10.6 Å². The summed E-state index contributed by atoms with van der Waals surface area (Å²) >= 11 is 5.92. The molecule has 0 aromatic heterocycles. The Labute approximate surface area is 112 Å². The largest absolute Gasteiger partial charge is 0.341 e. The molecule has 18 heavy (non-hydrogen) atoms. The second-order valence-corrected chi connectivity index (χ2v) is 4.95. The third-order valence-electron chi connectivity index (χ3n) is 3.01. The van der Waals surface area contributed by atoms with Gasteiger partial charge in [-0.15, -0.1) is 0 Å². The molecule has 1 aromatic rings. The Morgan fingerprint density at radius 2 is 2.11 bits per heavy atom. The van der Waals surface area contributed by atoms with Crippen LogP contribution >= 0.6 is 11.6 Å². The fourth-order valence-electron chi connectivity index (χ4n) is 1.57. The van der Waals surface area contributed by atoms with E-state index in [1.54, 1.807) is 27.0 Å². The maximum Gasteiger partial charge on any atom is 0.226 e. The van der Waals surface area contributed by atoms with Crippen LogP contribution < -0.4 is 5.73 Å². The molecule has 0 saturated heterocycles. The van der Waals surface area contributed by atoms with Crippen molar-refractivity contribution in [3.05, 3.63) is 34.6 Å². The fourth-order valence-corrected chi connectivity index (χ4v) is 1.79. The second kappa shape index (κ2) is 6.16. The molecule has 1 rings (SSSR count). The van der Waals surface area contributed by atoms with Gasteiger partial charge in [0.25, 0.3) is 0 Å². The fraction of sp³-hybridized carbons (Fsp3) is 0.462. The number of carbonyl (C=O) groups excluding carboxylic acids is 1. The molecule has 5 heteroatoms. The average Bonchev–Trinajstić information content (AvgIpc) is 2.31. The molecule has 100 valence electrons. The van der Waals surface area contributed by atoms with Gasteiger partial charge in [0.05, 0.1) is 5.92 Å². The van der Waals surface area contributed by atoms with Gasteiger partial charge >= 0.3 is 0 Å². The molecule has 1 amide bonds. The summed E-state index contributed by atoms with van der Waals surface area (Å²) in [6.45, 7) is 3.67. The lowest BCUT2D eigenvalue weighted by atomic mass is 10.0. The van der Waals surface area contributed by atoms with E-state index in [4.69, 9.17) is 17.3 Å². The third-order valence-corrected chi connectivity index (χ3v) is 3.37. The lowest BCUT2D eigenvalue weighted by Crippen LogP contribution is -2.39. The molecule has 2 N–H and O–H groups in total. The first kappa shape index (κ1) is 14.9. The molecule has 0 aliphatic rings. The van der Waals surface area contributed by atoms with Crippen LogP contribution in [0.25, 0.3) is 0 Å². The van der Waals surface area contributed by atoms with Gasteiger partial charge in [-0.05, 0) is 19.1 Å². The average molecular weight is 273 g/mol.